The molecule has 0 bridgehead atoms. The van der Waals surface area contributed by atoms with Crippen LogP contribution in [0, 0.1) is 0 Å². The van der Waals surface area contributed by atoms with Gasteiger partial charge in [0.1, 0.15) is 5.00 Å². The van der Waals surface area contributed by atoms with Crippen LogP contribution in [0.25, 0.3) is 0 Å². The first kappa shape index (κ1) is 18.6. The average molecular weight is 393 g/mol. The number of carbonyl (C=O) groups is 3. The van der Waals surface area contributed by atoms with E-state index >= 15 is 0 Å². The van der Waals surface area contributed by atoms with Crippen molar-refractivity contribution in [3.8, 4) is 0 Å². The van der Waals surface area contributed by atoms with E-state index in [1.165, 1.54) is 22.7 Å². The highest BCUT2D eigenvalue weighted by Gasteiger charge is 2.24. The van der Waals surface area contributed by atoms with E-state index in [1.54, 1.807) is 22.4 Å². The van der Waals surface area contributed by atoms with Crippen LogP contribution in [-0.4, -0.2) is 60.2 Å². The van der Waals surface area contributed by atoms with Gasteiger partial charge < -0.3 is 16.0 Å². The van der Waals surface area contributed by atoms with E-state index in [0.717, 1.165) is 13.0 Å². The van der Waals surface area contributed by atoms with E-state index in [4.69, 9.17) is 5.73 Å². The molecule has 9 heteroatoms. The van der Waals surface area contributed by atoms with E-state index in [0.29, 0.717) is 35.1 Å². The largest absolute Gasteiger partial charge is 0.369 e. The summed E-state index contributed by atoms with van der Waals surface area (Å²) in [6.45, 7) is 2.69. The van der Waals surface area contributed by atoms with Gasteiger partial charge in [-0.1, -0.05) is 6.07 Å². The number of primary amides is 1. The predicted octanol–water partition coefficient (Wildman–Crippen LogP) is 1.70. The summed E-state index contributed by atoms with van der Waals surface area (Å²) in [6.07, 6.45) is 0.778. The van der Waals surface area contributed by atoms with Gasteiger partial charge in [0.25, 0.3) is 11.8 Å². The third kappa shape index (κ3) is 4.48. The van der Waals surface area contributed by atoms with E-state index in [1.807, 2.05) is 16.3 Å². The molecule has 3 amide bonds. The molecular weight excluding hydrogens is 372 g/mol. The Balaban J connectivity index is 1.66. The van der Waals surface area contributed by atoms with Crippen LogP contribution < -0.4 is 11.1 Å². The smallest absolute Gasteiger partial charge is 0.266 e. The lowest BCUT2D eigenvalue weighted by molar-refractivity contribution is -0.119. The van der Waals surface area contributed by atoms with Gasteiger partial charge in [-0.3, -0.25) is 19.3 Å². The van der Waals surface area contributed by atoms with Crippen molar-refractivity contribution in [1.82, 2.24) is 9.80 Å². The Morgan fingerprint density at radius 3 is 2.65 bits per heavy atom. The molecule has 3 N–H and O–H groups in total. The number of carbonyl (C=O) groups excluding carboxylic acids is 3. The summed E-state index contributed by atoms with van der Waals surface area (Å²) in [7, 11) is 0. The maximum atomic E-state index is 12.9. The van der Waals surface area contributed by atoms with Crippen molar-refractivity contribution in [3.05, 3.63) is 39.4 Å². The summed E-state index contributed by atoms with van der Waals surface area (Å²) in [5.41, 5.74) is 5.76. The van der Waals surface area contributed by atoms with E-state index < -0.39 is 0 Å². The van der Waals surface area contributed by atoms with Crippen molar-refractivity contribution >= 4 is 45.4 Å². The molecule has 0 unspecified atom stereocenters. The molecule has 7 nitrogen and oxygen atoms in total. The molecule has 3 rings (SSSR count). The highest BCUT2D eigenvalue weighted by atomic mass is 32.1. The van der Waals surface area contributed by atoms with Gasteiger partial charge >= 0.3 is 0 Å². The van der Waals surface area contributed by atoms with Crippen LogP contribution in [0.5, 0.6) is 0 Å². The minimum atomic E-state index is -0.360. The minimum absolute atomic E-state index is 0.103. The second-order valence-electron chi connectivity index (χ2n) is 5.98. The molecule has 1 fully saturated rings. The van der Waals surface area contributed by atoms with Crippen LogP contribution in [0.15, 0.2) is 29.0 Å². The first-order chi connectivity index (χ1) is 12.5. The van der Waals surface area contributed by atoms with Gasteiger partial charge in [-0.2, -0.15) is 0 Å². The lowest BCUT2D eigenvalue weighted by atomic mass is 10.2. The van der Waals surface area contributed by atoms with Crippen molar-refractivity contribution in [3.63, 3.8) is 0 Å². The Morgan fingerprint density at radius 1 is 1.08 bits per heavy atom. The number of nitrogens with two attached hydrogens (primary N) is 1. The van der Waals surface area contributed by atoms with Gasteiger partial charge in [0, 0.05) is 26.2 Å². The van der Waals surface area contributed by atoms with Gasteiger partial charge in [0.05, 0.1) is 17.0 Å². The minimum Gasteiger partial charge on any atom is -0.369 e. The van der Waals surface area contributed by atoms with Crippen molar-refractivity contribution < 1.29 is 14.4 Å². The van der Waals surface area contributed by atoms with E-state index in [9.17, 15) is 14.4 Å². The Bertz CT molecular complexity index is 788. The fraction of sp³-hybridized carbons (Fsp3) is 0.353. The molecule has 0 aromatic carbocycles. The maximum absolute atomic E-state index is 12.9. The van der Waals surface area contributed by atoms with Crippen LogP contribution in [0.2, 0.25) is 0 Å². The van der Waals surface area contributed by atoms with Gasteiger partial charge in [-0.15, -0.1) is 22.7 Å². The van der Waals surface area contributed by atoms with Crippen molar-refractivity contribution in [2.45, 2.75) is 6.42 Å². The second-order valence-corrected chi connectivity index (χ2v) is 7.85. The normalized spacial score (nSPS) is 15.5. The standard InChI is InChI=1S/C17H20N4O3S2/c18-14(22)11-20-5-2-6-21(8-7-20)17(24)12-4-10-26-16(12)19-15(23)13-3-1-9-25-13/h1,3-4,9-10H,2,5-8,11H2,(H2,18,22)(H,19,23). The number of nitrogens with zero attached hydrogens (tertiary/aromatic N) is 2. The summed E-state index contributed by atoms with van der Waals surface area (Å²) in [4.78, 5) is 40.6. The molecule has 1 aliphatic rings. The average Bonchev–Trinajstić information content (AvgIpc) is 3.23. The SMILES string of the molecule is NC(=O)CN1CCCN(C(=O)c2ccsc2NC(=O)c2cccs2)CC1. The zero-order valence-electron chi connectivity index (χ0n) is 14.1. The number of rotatable bonds is 5. The number of nitrogens with one attached hydrogen (secondary N) is 1. The number of hydrogen-bond donors (Lipinski definition) is 2. The molecule has 0 spiro atoms. The van der Waals surface area contributed by atoms with Crippen molar-refractivity contribution in [1.29, 1.82) is 0 Å². The molecule has 3 heterocycles. The van der Waals surface area contributed by atoms with Crippen LogP contribution in [0.3, 0.4) is 0 Å². The van der Waals surface area contributed by atoms with Crippen molar-refractivity contribution in [2.75, 3.05) is 38.0 Å². The zero-order chi connectivity index (χ0) is 18.5. The van der Waals surface area contributed by atoms with Gasteiger partial charge in [0.2, 0.25) is 5.91 Å². The first-order valence-corrected chi connectivity index (χ1v) is 10.0. The van der Waals surface area contributed by atoms with Crippen molar-refractivity contribution in [2.24, 2.45) is 5.73 Å². The van der Waals surface area contributed by atoms with Crippen LogP contribution >= 0.6 is 22.7 Å². The topological polar surface area (TPSA) is 95.7 Å². The summed E-state index contributed by atoms with van der Waals surface area (Å²) >= 11 is 2.69. The van der Waals surface area contributed by atoms with Gasteiger partial charge in [-0.05, 0) is 29.3 Å². The zero-order valence-corrected chi connectivity index (χ0v) is 15.8. The monoisotopic (exact) mass is 392 g/mol. The lowest BCUT2D eigenvalue weighted by Crippen LogP contribution is -2.38. The van der Waals surface area contributed by atoms with Gasteiger partial charge in [-0.25, -0.2) is 0 Å². The number of amides is 3. The van der Waals surface area contributed by atoms with Gasteiger partial charge in [0.15, 0.2) is 0 Å². The predicted molar refractivity (Wildman–Crippen MR) is 103 cm³/mol. The van der Waals surface area contributed by atoms with Crippen LogP contribution in [0.1, 0.15) is 26.5 Å². The highest BCUT2D eigenvalue weighted by Crippen LogP contribution is 2.26. The molecule has 138 valence electrons. The molecular formula is C17H20N4O3S2. The molecule has 0 aliphatic carbocycles. The number of hydrogen-bond acceptors (Lipinski definition) is 6. The molecule has 0 radical (unpaired) electrons. The fourth-order valence-electron chi connectivity index (χ4n) is 2.87. The number of anilines is 1. The Kier molecular flexibility index (Phi) is 6.02. The lowest BCUT2D eigenvalue weighted by Gasteiger charge is -2.21. The summed E-state index contributed by atoms with van der Waals surface area (Å²) in [6, 6.07) is 5.30. The van der Waals surface area contributed by atoms with E-state index in [-0.39, 0.29) is 24.3 Å². The maximum Gasteiger partial charge on any atom is 0.266 e. The third-order valence-corrected chi connectivity index (χ3v) is 5.82. The molecule has 2 aromatic rings. The highest BCUT2D eigenvalue weighted by molar-refractivity contribution is 7.15. The van der Waals surface area contributed by atoms with Crippen LogP contribution in [0.4, 0.5) is 5.00 Å². The second kappa shape index (κ2) is 8.43. The third-order valence-electron chi connectivity index (χ3n) is 4.12. The number of thiophene rings is 2. The molecule has 26 heavy (non-hydrogen) atoms. The Hall–Kier alpha value is -2.23. The summed E-state index contributed by atoms with van der Waals surface area (Å²) in [5.74, 6) is -0.671. The molecule has 1 saturated heterocycles. The fourth-order valence-corrected chi connectivity index (χ4v) is 4.26. The molecule has 0 saturated carbocycles. The summed E-state index contributed by atoms with van der Waals surface area (Å²) in [5, 5.41) is 7.03. The Morgan fingerprint density at radius 2 is 1.92 bits per heavy atom. The van der Waals surface area contributed by atoms with Crippen LogP contribution in [-0.2, 0) is 4.79 Å². The molecule has 0 atom stereocenters. The molecule has 2 aromatic heterocycles. The Labute approximate surface area is 159 Å². The quantitative estimate of drug-likeness (QED) is 0.809. The van der Waals surface area contributed by atoms with E-state index in [2.05, 4.69) is 5.32 Å². The summed E-state index contributed by atoms with van der Waals surface area (Å²) < 4.78 is 0. The first-order valence-electron chi connectivity index (χ1n) is 8.27. The molecule has 1 aliphatic heterocycles.